The van der Waals surface area contributed by atoms with Gasteiger partial charge in [0.1, 0.15) is 5.71 Å². The van der Waals surface area contributed by atoms with Gasteiger partial charge in [0.15, 0.2) is 4.67 Å². The fourth-order valence-corrected chi connectivity index (χ4v) is 1.50. The number of aliphatic imine (C=N–C) groups is 1. The number of hydrogen-bond donors (Lipinski definition) is 1. The lowest BCUT2D eigenvalue weighted by Gasteiger charge is -1.87. The van der Waals surface area contributed by atoms with Gasteiger partial charge in [0.05, 0.1) is 0 Å². The van der Waals surface area contributed by atoms with Crippen LogP contribution < -0.4 is 0 Å². The number of nitrogens with zero attached hydrogens (tertiary/aromatic N) is 1. The number of rotatable bonds is 1. The van der Waals surface area contributed by atoms with Crippen molar-refractivity contribution in [2.24, 2.45) is 4.99 Å². The van der Waals surface area contributed by atoms with Gasteiger partial charge >= 0.3 is 5.97 Å². The molecule has 0 fully saturated rings. The SMILES string of the molecule is O=C(O)C1=Nc2oc(Br)cc2C1. The Kier molecular flexibility index (Phi) is 1.54. The van der Waals surface area contributed by atoms with Gasteiger partial charge in [-0.15, -0.1) is 0 Å². The lowest BCUT2D eigenvalue weighted by Crippen LogP contribution is -2.11. The molecule has 0 saturated heterocycles. The van der Waals surface area contributed by atoms with Crippen LogP contribution in [0.15, 0.2) is 20.1 Å². The van der Waals surface area contributed by atoms with Crippen molar-refractivity contribution in [2.45, 2.75) is 6.42 Å². The first kappa shape index (κ1) is 7.54. The van der Waals surface area contributed by atoms with E-state index in [0.717, 1.165) is 5.56 Å². The van der Waals surface area contributed by atoms with E-state index in [4.69, 9.17) is 9.52 Å². The molecule has 1 aromatic rings. The minimum absolute atomic E-state index is 0.135. The second kappa shape index (κ2) is 2.45. The average Bonchev–Trinajstić information content (AvgIpc) is 2.42. The van der Waals surface area contributed by atoms with E-state index in [2.05, 4.69) is 20.9 Å². The first-order chi connectivity index (χ1) is 5.66. The fourth-order valence-electron chi connectivity index (χ4n) is 1.07. The molecule has 1 aliphatic heterocycles. The standard InChI is InChI=1S/C7H4BrNO3/c8-5-2-3-1-4(7(10)11)9-6(3)12-5/h2H,1H2,(H,10,11). The Morgan fingerprint density at radius 2 is 2.50 bits per heavy atom. The molecule has 0 unspecified atom stereocenters. The maximum Gasteiger partial charge on any atom is 0.350 e. The highest BCUT2D eigenvalue weighted by Crippen LogP contribution is 2.32. The van der Waals surface area contributed by atoms with Crippen LogP contribution >= 0.6 is 15.9 Å². The Labute approximate surface area is 76.0 Å². The number of carboxylic acid groups (broad SMARTS) is 1. The molecule has 0 saturated carbocycles. The molecule has 0 radical (unpaired) electrons. The summed E-state index contributed by atoms with van der Waals surface area (Å²) in [6.07, 6.45) is 0.347. The van der Waals surface area contributed by atoms with Crippen molar-refractivity contribution >= 4 is 33.5 Å². The third kappa shape index (κ3) is 1.06. The topological polar surface area (TPSA) is 62.8 Å². The zero-order valence-electron chi connectivity index (χ0n) is 5.87. The Morgan fingerprint density at radius 1 is 1.75 bits per heavy atom. The van der Waals surface area contributed by atoms with Crippen molar-refractivity contribution in [1.29, 1.82) is 0 Å². The van der Waals surface area contributed by atoms with E-state index in [1.807, 2.05) is 0 Å². The van der Waals surface area contributed by atoms with Gasteiger partial charge in [-0.05, 0) is 22.0 Å². The highest BCUT2D eigenvalue weighted by atomic mass is 79.9. The van der Waals surface area contributed by atoms with E-state index in [0.29, 0.717) is 17.0 Å². The van der Waals surface area contributed by atoms with Crippen LogP contribution in [-0.4, -0.2) is 16.8 Å². The highest BCUT2D eigenvalue weighted by molar-refractivity contribution is 9.10. The lowest BCUT2D eigenvalue weighted by atomic mass is 10.2. The first-order valence-electron chi connectivity index (χ1n) is 3.26. The molecule has 2 rings (SSSR count). The molecule has 1 aliphatic rings. The number of fused-ring (bicyclic) bond motifs is 1. The fraction of sp³-hybridized carbons (Fsp3) is 0.143. The monoisotopic (exact) mass is 229 g/mol. The molecule has 1 N–H and O–H groups in total. The van der Waals surface area contributed by atoms with Gasteiger partial charge in [0.2, 0.25) is 5.88 Å². The molecule has 0 aliphatic carbocycles. The quantitative estimate of drug-likeness (QED) is 0.799. The summed E-state index contributed by atoms with van der Waals surface area (Å²) in [4.78, 5) is 14.3. The zero-order chi connectivity index (χ0) is 8.72. The number of carbonyl (C=O) groups is 1. The highest BCUT2D eigenvalue weighted by Gasteiger charge is 2.23. The van der Waals surface area contributed by atoms with E-state index in [1.54, 1.807) is 6.07 Å². The molecule has 62 valence electrons. The average molecular weight is 230 g/mol. The zero-order valence-corrected chi connectivity index (χ0v) is 7.46. The number of furan rings is 1. The maximum absolute atomic E-state index is 10.5. The molecule has 0 bridgehead atoms. The van der Waals surface area contributed by atoms with Crippen molar-refractivity contribution in [1.82, 2.24) is 0 Å². The van der Waals surface area contributed by atoms with E-state index in [9.17, 15) is 4.79 Å². The summed E-state index contributed by atoms with van der Waals surface area (Å²) in [6, 6.07) is 1.73. The third-order valence-corrected chi connectivity index (χ3v) is 1.99. The Balaban J connectivity index is 2.39. The molecule has 0 amide bonds. The molecule has 5 heteroatoms. The van der Waals surface area contributed by atoms with E-state index in [1.165, 1.54) is 0 Å². The van der Waals surface area contributed by atoms with Crippen LogP contribution in [0.25, 0.3) is 0 Å². The molecule has 4 nitrogen and oxygen atoms in total. The maximum atomic E-state index is 10.5. The molecule has 0 aromatic carbocycles. The number of hydrogen-bond acceptors (Lipinski definition) is 3. The molecule has 2 heterocycles. The van der Waals surface area contributed by atoms with Gasteiger partial charge < -0.3 is 9.52 Å². The summed E-state index contributed by atoms with van der Waals surface area (Å²) in [5.74, 6) is -0.586. The van der Waals surface area contributed by atoms with Crippen LogP contribution in [0, 0.1) is 0 Å². The summed E-state index contributed by atoms with van der Waals surface area (Å²) < 4.78 is 5.66. The number of carboxylic acids is 1. The third-order valence-electron chi connectivity index (χ3n) is 1.60. The van der Waals surface area contributed by atoms with Crippen LogP contribution in [0.1, 0.15) is 5.56 Å². The van der Waals surface area contributed by atoms with Crippen molar-refractivity contribution in [3.63, 3.8) is 0 Å². The smallest absolute Gasteiger partial charge is 0.350 e. The summed E-state index contributed by atoms with van der Waals surface area (Å²) in [6.45, 7) is 0. The Bertz CT molecular complexity index is 380. The molecular formula is C7H4BrNO3. The van der Waals surface area contributed by atoms with Crippen LogP contribution in [0.5, 0.6) is 0 Å². The predicted octanol–water partition coefficient (Wildman–Crippen LogP) is 1.76. The Hall–Kier alpha value is -1.10. The second-order valence-electron chi connectivity index (χ2n) is 2.42. The summed E-state index contributed by atoms with van der Waals surface area (Å²) in [7, 11) is 0. The van der Waals surface area contributed by atoms with Crippen molar-refractivity contribution in [3.8, 4) is 0 Å². The van der Waals surface area contributed by atoms with Crippen LogP contribution in [0.4, 0.5) is 5.88 Å². The van der Waals surface area contributed by atoms with Crippen molar-refractivity contribution in [3.05, 3.63) is 16.3 Å². The van der Waals surface area contributed by atoms with E-state index < -0.39 is 5.97 Å². The summed E-state index contributed by atoms with van der Waals surface area (Å²) in [5, 5.41) is 8.59. The van der Waals surface area contributed by atoms with Gasteiger partial charge in [-0.3, -0.25) is 0 Å². The molecule has 12 heavy (non-hydrogen) atoms. The van der Waals surface area contributed by atoms with E-state index >= 15 is 0 Å². The first-order valence-corrected chi connectivity index (χ1v) is 4.05. The van der Waals surface area contributed by atoms with Crippen LogP contribution in [-0.2, 0) is 11.2 Å². The van der Waals surface area contributed by atoms with Gasteiger partial charge in [-0.2, -0.15) is 0 Å². The summed E-state index contributed by atoms with van der Waals surface area (Å²) in [5.41, 5.74) is 0.954. The van der Waals surface area contributed by atoms with Crippen molar-refractivity contribution < 1.29 is 14.3 Å². The molecule has 0 spiro atoms. The van der Waals surface area contributed by atoms with Gasteiger partial charge in [0, 0.05) is 12.0 Å². The minimum Gasteiger partial charge on any atom is -0.477 e. The second-order valence-corrected chi connectivity index (χ2v) is 3.20. The number of aliphatic carboxylic acids is 1. The van der Waals surface area contributed by atoms with Gasteiger partial charge in [-0.25, -0.2) is 9.79 Å². The minimum atomic E-state index is -0.988. The normalized spacial score (nSPS) is 14.2. The van der Waals surface area contributed by atoms with Gasteiger partial charge in [-0.1, -0.05) is 0 Å². The van der Waals surface area contributed by atoms with Crippen molar-refractivity contribution in [2.75, 3.05) is 0 Å². The van der Waals surface area contributed by atoms with E-state index in [-0.39, 0.29) is 5.71 Å². The predicted molar refractivity (Wildman–Crippen MR) is 44.8 cm³/mol. The van der Waals surface area contributed by atoms with Gasteiger partial charge in [0.25, 0.3) is 0 Å². The summed E-state index contributed by atoms with van der Waals surface area (Å²) >= 11 is 3.13. The number of halogens is 1. The van der Waals surface area contributed by atoms with Crippen LogP contribution in [0.3, 0.4) is 0 Å². The molecule has 0 atom stereocenters. The van der Waals surface area contributed by atoms with Crippen LogP contribution in [0.2, 0.25) is 0 Å². The molecule has 1 aromatic heterocycles. The largest absolute Gasteiger partial charge is 0.477 e. The Morgan fingerprint density at radius 3 is 3.08 bits per heavy atom. The molecular weight excluding hydrogens is 226 g/mol. The lowest BCUT2D eigenvalue weighted by molar-refractivity contribution is -0.129.